The summed E-state index contributed by atoms with van der Waals surface area (Å²) < 4.78 is 10.6. The number of hydrogen-bond acceptors (Lipinski definition) is 4. The number of benzene rings is 2. The molecule has 1 aliphatic rings. The second kappa shape index (κ2) is 5.95. The predicted molar refractivity (Wildman–Crippen MR) is 90.9 cm³/mol. The molecule has 4 heteroatoms. The molecule has 120 valence electrons. The Balaban J connectivity index is 2.12. The van der Waals surface area contributed by atoms with Gasteiger partial charge in [-0.05, 0) is 23.1 Å². The number of methoxy groups -OCH3 is 1. The van der Waals surface area contributed by atoms with E-state index in [1.54, 1.807) is 6.07 Å². The van der Waals surface area contributed by atoms with E-state index in [4.69, 9.17) is 15.2 Å². The zero-order valence-electron chi connectivity index (χ0n) is 13.7. The van der Waals surface area contributed by atoms with Crippen LogP contribution in [0.2, 0.25) is 0 Å². The second-order valence-corrected chi connectivity index (χ2v) is 6.06. The third-order valence-electron chi connectivity index (χ3n) is 4.29. The van der Waals surface area contributed by atoms with Crippen molar-refractivity contribution in [3.8, 4) is 16.9 Å². The van der Waals surface area contributed by atoms with E-state index in [1.165, 1.54) is 12.7 Å². The first-order chi connectivity index (χ1) is 11.0. The monoisotopic (exact) mass is 311 g/mol. The van der Waals surface area contributed by atoms with Crippen molar-refractivity contribution >= 4 is 11.7 Å². The minimum absolute atomic E-state index is 0.411. The molecule has 0 bridgehead atoms. The van der Waals surface area contributed by atoms with Crippen LogP contribution < -0.4 is 10.5 Å². The first-order valence-electron chi connectivity index (χ1n) is 7.79. The summed E-state index contributed by atoms with van der Waals surface area (Å²) in [5.74, 6) is 0.820. The summed E-state index contributed by atoms with van der Waals surface area (Å²) in [5.41, 5.74) is 11.1. The van der Waals surface area contributed by atoms with Crippen LogP contribution in [0.5, 0.6) is 5.75 Å². The summed E-state index contributed by atoms with van der Waals surface area (Å²) in [5, 5.41) is 0. The minimum Gasteiger partial charge on any atom is -0.492 e. The first-order valence-corrected chi connectivity index (χ1v) is 7.79. The molecule has 0 spiro atoms. The van der Waals surface area contributed by atoms with E-state index >= 15 is 0 Å². The number of nitrogen functional groups attached to an aromatic ring is 1. The number of rotatable bonds is 3. The average molecular weight is 311 g/mol. The Morgan fingerprint density at radius 1 is 1.26 bits per heavy atom. The smallest absolute Gasteiger partial charge is 0.340 e. The molecule has 0 saturated carbocycles. The van der Waals surface area contributed by atoms with E-state index < -0.39 is 5.97 Å². The molecule has 0 radical (unpaired) electrons. The number of esters is 1. The lowest BCUT2D eigenvalue weighted by Gasteiger charge is -2.14. The number of carbonyl (C=O) groups excluding carboxylic acids is 1. The van der Waals surface area contributed by atoms with E-state index in [0.717, 1.165) is 22.4 Å². The number of anilines is 1. The van der Waals surface area contributed by atoms with Crippen LogP contribution in [0.15, 0.2) is 30.3 Å². The lowest BCUT2D eigenvalue weighted by Crippen LogP contribution is -2.09. The fourth-order valence-corrected chi connectivity index (χ4v) is 3.01. The zero-order chi connectivity index (χ0) is 16.6. The van der Waals surface area contributed by atoms with E-state index in [-0.39, 0.29) is 0 Å². The highest BCUT2D eigenvalue weighted by molar-refractivity contribution is 6.00. The van der Waals surface area contributed by atoms with Crippen LogP contribution in [0.1, 0.15) is 41.3 Å². The summed E-state index contributed by atoms with van der Waals surface area (Å²) >= 11 is 0. The molecule has 0 aromatic heterocycles. The standard InChI is InChI=1S/C19H21NO3/c1-11(2)12-4-6-13(7-5-12)15-10-16(20)17(19(21)22-3)14-8-9-23-18(14)15/h4-7,10-11H,8-9,20H2,1-3H3. The summed E-state index contributed by atoms with van der Waals surface area (Å²) in [6, 6.07) is 10.2. The van der Waals surface area contributed by atoms with Crippen LogP contribution in [0.25, 0.3) is 11.1 Å². The molecule has 2 aromatic rings. The Bertz CT molecular complexity index is 748. The van der Waals surface area contributed by atoms with Gasteiger partial charge >= 0.3 is 5.97 Å². The van der Waals surface area contributed by atoms with Crippen molar-refractivity contribution in [2.24, 2.45) is 0 Å². The lowest BCUT2D eigenvalue weighted by atomic mass is 9.93. The molecule has 2 N–H and O–H groups in total. The van der Waals surface area contributed by atoms with Crippen molar-refractivity contribution in [1.82, 2.24) is 0 Å². The molecular formula is C19H21NO3. The fourth-order valence-electron chi connectivity index (χ4n) is 3.01. The van der Waals surface area contributed by atoms with Crippen LogP contribution in [0.3, 0.4) is 0 Å². The molecule has 0 saturated heterocycles. The van der Waals surface area contributed by atoms with E-state index in [0.29, 0.717) is 30.2 Å². The van der Waals surface area contributed by atoms with Gasteiger partial charge < -0.3 is 15.2 Å². The van der Waals surface area contributed by atoms with Crippen molar-refractivity contribution in [1.29, 1.82) is 0 Å². The van der Waals surface area contributed by atoms with Gasteiger partial charge in [0, 0.05) is 23.2 Å². The highest BCUT2D eigenvalue weighted by Crippen LogP contribution is 2.42. The van der Waals surface area contributed by atoms with Crippen molar-refractivity contribution < 1.29 is 14.3 Å². The Morgan fingerprint density at radius 2 is 1.96 bits per heavy atom. The van der Waals surface area contributed by atoms with Gasteiger partial charge in [-0.1, -0.05) is 38.1 Å². The van der Waals surface area contributed by atoms with Crippen LogP contribution in [-0.2, 0) is 11.2 Å². The third-order valence-corrected chi connectivity index (χ3v) is 4.29. The van der Waals surface area contributed by atoms with Crippen LogP contribution >= 0.6 is 0 Å². The largest absolute Gasteiger partial charge is 0.492 e. The van der Waals surface area contributed by atoms with Crippen molar-refractivity contribution in [3.05, 3.63) is 47.0 Å². The summed E-state index contributed by atoms with van der Waals surface area (Å²) in [6.07, 6.45) is 0.669. The molecule has 23 heavy (non-hydrogen) atoms. The zero-order valence-corrected chi connectivity index (χ0v) is 13.7. The van der Waals surface area contributed by atoms with Gasteiger partial charge in [-0.3, -0.25) is 0 Å². The number of carbonyl (C=O) groups is 1. The maximum absolute atomic E-state index is 12.0. The molecule has 1 heterocycles. The number of hydrogen-bond donors (Lipinski definition) is 1. The SMILES string of the molecule is COC(=O)c1c(N)cc(-c2ccc(C(C)C)cc2)c2c1CCO2. The van der Waals surface area contributed by atoms with Gasteiger partial charge in [0.2, 0.25) is 0 Å². The second-order valence-electron chi connectivity index (χ2n) is 6.06. The topological polar surface area (TPSA) is 61.5 Å². The molecule has 4 nitrogen and oxygen atoms in total. The minimum atomic E-state index is -0.411. The maximum atomic E-state index is 12.0. The van der Waals surface area contributed by atoms with Crippen LogP contribution in [-0.4, -0.2) is 19.7 Å². The average Bonchev–Trinajstić information content (AvgIpc) is 3.02. The summed E-state index contributed by atoms with van der Waals surface area (Å²) in [7, 11) is 1.36. The predicted octanol–water partition coefficient (Wildman–Crippen LogP) is 3.78. The molecule has 0 unspecified atom stereocenters. The van der Waals surface area contributed by atoms with Gasteiger partial charge in [0.25, 0.3) is 0 Å². The lowest BCUT2D eigenvalue weighted by molar-refractivity contribution is 0.0601. The van der Waals surface area contributed by atoms with Gasteiger partial charge in [-0.2, -0.15) is 0 Å². The number of ether oxygens (including phenoxy) is 2. The Morgan fingerprint density at radius 3 is 2.57 bits per heavy atom. The molecule has 0 aliphatic carbocycles. The van der Waals surface area contributed by atoms with Crippen LogP contribution in [0, 0.1) is 0 Å². The van der Waals surface area contributed by atoms with Gasteiger partial charge in [0.05, 0.1) is 19.3 Å². The Hall–Kier alpha value is -2.49. The van der Waals surface area contributed by atoms with E-state index in [9.17, 15) is 4.79 Å². The third kappa shape index (κ3) is 2.65. The van der Waals surface area contributed by atoms with E-state index in [2.05, 4.69) is 38.1 Å². The van der Waals surface area contributed by atoms with Gasteiger partial charge in [-0.15, -0.1) is 0 Å². The number of fused-ring (bicyclic) bond motifs is 1. The number of nitrogens with two attached hydrogens (primary N) is 1. The normalized spacial score (nSPS) is 12.9. The van der Waals surface area contributed by atoms with Crippen molar-refractivity contribution in [2.75, 3.05) is 19.5 Å². The van der Waals surface area contributed by atoms with Crippen molar-refractivity contribution in [3.63, 3.8) is 0 Å². The fraction of sp³-hybridized carbons (Fsp3) is 0.316. The molecule has 3 rings (SSSR count). The summed E-state index contributed by atoms with van der Waals surface area (Å²) in [4.78, 5) is 12.0. The first kappa shape index (κ1) is 15.4. The van der Waals surface area contributed by atoms with E-state index in [1.807, 2.05) is 0 Å². The highest BCUT2D eigenvalue weighted by Gasteiger charge is 2.27. The Labute approximate surface area is 136 Å². The van der Waals surface area contributed by atoms with Gasteiger partial charge in [0.15, 0.2) is 0 Å². The molecule has 0 amide bonds. The van der Waals surface area contributed by atoms with Gasteiger partial charge in [0.1, 0.15) is 5.75 Å². The Kier molecular flexibility index (Phi) is 3.99. The maximum Gasteiger partial charge on any atom is 0.340 e. The molecule has 2 aromatic carbocycles. The quantitative estimate of drug-likeness (QED) is 0.692. The van der Waals surface area contributed by atoms with Crippen molar-refractivity contribution in [2.45, 2.75) is 26.2 Å². The molecule has 1 aliphatic heterocycles. The summed E-state index contributed by atoms with van der Waals surface area (Å²) in [6.45, 7) is 4.89. The molecular weight excluding hydrogens is 290 g/mol. The van der Waals surface area contributed by atoms with Crippen LogP contribution in [0.4, 0.5) is 5.69 Å². The van der Waals surface area contributed by atoms with Gasteiger partial charge in [-0.25, -0.2) is 4.79 Å². The highest BCUT2D eigenvalue weighted by atomic mass is 16.5. The molecule has 0 fully saturated rings. The molecule has 0 atom stereocenters.